The lowest BCUT2D eigenvalue weighted by molar-refractivity contribution is 0.0358. The molecule has 1 aromatic carbocycles. The Morgan fingerprint density at radius 1 is 1.56 bits per heavy atom. The minimum absolute atomic E-state index is 0.0285. The fourth-order valence-electron chi connectivity index (χ4n) is 1.68. The van der Waals surface area contributed by atoms with E-state index in [2.05, 4.69) is 0 Å². The van der Waals surface area contributed by atoms with Crippen molar-refractivity contribution in [2.75, 3.05) is 19.7 Å². The molecule has 86 valence electrons. The summed E-state index contributed by atoms with van der Waals surface area (Å²) in [6.45, 7) is 1.03. The number of aliphatic hydroxyl groups excluding tert-OH is 1. The smallest absolute Gasteiger partial charge is 0.256 e. The Labute approximate surface area is 97.4 Å². The molecule has 0 bridgehead atoms. The molecule has 1 aromatic rings. The van der Waals surface area contributed by atoms with E-state index < -0.39 is 5.82 Å². The predicted molar refractivity (Wildman–Crippen MR) is 57.9 cm³/mol. The number of rotatable bonds is 2. The van der Waals surface area contributed by atoms with Crippen LogP contribution < -0.4 is 0 Å². The third kappa shape index (κ3) is 2.03. The lowest BCUT2D eigenvalue weighted by Gasteiger charge is -2.38. The van der Waals surface area contributed by atoms with Crippen LogP contribution in [0.1, 0.15) is 10.4 Å². The zero-order chi connectivity index (χ0) is 11.7. The van der Waals surface area contributed by atoms with E-state index in [0.717, 1.165) is 6.07 Å². The SMILES string of the molecule is O=C(c1ccc(Cl)cc1F)N1CC(CO)C1. The van der Waals surface area contributed by atoms with E-state index >= 15 is 0 Å². The van der Waals surface area contributed by atoms with Crippen molar-refractivity contribution in [3.63, 3.8) is 0 Å². The molecule has 1 aliphatic rings. The number of carbonyl (C=O) groups is 1. The van der Waals surface area contributed by atoms with Crippen LogP contribution in [0.4, 0.5) is 4.39 Å². The molecule has 1 fully saturated rings. The molecule has 16 heavy (non-hydrogen) atoms. The van der Waals surface area contributed by atoms with Crippen molar-refractivity contribution >= 4 is 17.5 Å². The highest BCUT2D eigenvalue weighted by Gasteiger charge is 2.31. The van der Waals surface area contributed by atoms with Gasteiger partial charge in [0.1, 0.15) is 5.82 Å². The minimum atomic E-state index is -0.607. The van der Waals surface area contributed by atoms with Crippen LogP contribution in [0.2, 0.25) is 5.02 Å². The minimum Gasteiger partial charge on any atom is -0.396 e. The molecule has 0 spiro atoms. The first-order valence-electron chi connectivity index (χ1n) is 4.97. The summed E-state index contributed by atoms with van der Waals surface area (Å²) in [6, 6.07) is 3.99. The normalized spacial score (nSPS) is 16.1. The van der Waals surface area contributed by atoms with Crippen LogP contribution in [0.15, 0.2) is 18.2 Å². The summed E-state index contributed by atoms with van der Waals surface area (Å²) in [6.07, 6.45) is 0. The molecule has 1 N–H and O–H groups in total. The molecule has 0 aromatic heterocycles. The van der Waals surface area contributed by atoms with Gasteiger partial charge in [-0.05, 0) is 18.2 Å². The third-order valence-electron chi connectivity index (χ3n) is 2.66. The van der Waals surface area contributed by atoms with E-state index in [1.54, 1.807) is 0 Å². The Hall–Kier alpha value is -1.13. The van der Waals surface area contributed by atoms with Gasteiger partial charge in [-0.3, -0.25) is 4.79 Å². The second-order valence-corrected chi connectivity index (χ2v) is 4.32. The van der Waals surface area contributed by atoms with Crippen LogP contribution in [0.25, 0.3) is 0 Å². The van der Waals surface area contributed by atoms with Gasteiger partial charge in [0.05, 0.1) is 5.56 Å². The van der Waals surface area contributed by atoms with Gasteiger partial charge in [0.2, 0.25) is 0 Å². The van der Waals surface area contributed by atoms with Crippen molar-refractivity contribution in [3.05, 3.63) is 34.6 Å². The zero-order valence-corrected chi connectivity index (χ0v) is 9.25. The van der Waals surface area contributed by atoms with E-state index in [0.29, 0.717) is 13.1 Å². The van der Waals surface area contributed by atoms with Gasteiger partial charge in [-0.15, -0.1) is 0 Å². The molecule has 0 radical (unpaired) electrons. The number of hydrogen-bond acceptors (Lipinski definition) is 2. The van der Waals surface area contributed by atoms with Crippen LogP contribution in [0.3, 0.4) is 0 Å². The van der Waals surface area contributed by atoms with Gasteiger partial charge in [-0.25, -0.2) is 4.39 Å². The number of benzene rings is 1. The summed E-state index contributed by atoms with van der Waals surface area (Å²) in [5.41, 5.74) is 0.0285. The average molecular weight is 244 g/mol. The van der Waals surface area contributed by atoms with E-state index in [4.69, 9.17) is 16.7 Å². The molecule has 0 saturated carbocycles. The number of halogens is 2. The Kier molecular flexibility index (Phi) is 3.12. The fraction of sp³-hybridized carbons (Fsp3) is 0.364. The van der Waals surface area contributed by atoms with E-state index in [1.165, 1.54) is 17.0 Å². The highest BCUT2D eigenvalue weighted by molar-refractivity contribution is 6.30. The number of likely N-dealkylation sites (tertiary alicyclic amines) is 1. The third-order valence-corrected chi connectivity index (χ3v) is 2.90. The molecule has 0 atom stereocenters. The Morgan fingerprint density at radius 3 is 2.81 bits per heavy atom. The van der Waals surface area contributed by atoms with Crippen LogP contribution in [-0.2, 0) is 0 Å². The van der Waals surface area contributed by atoms with Gasteiger partial charge in [0, 0.05) is 30.6 Å². The summed E-state index contributed by atoms with van der Waals surface area (Å²) < 4.78 is 13.4. The number of hydrogen-bond donors (Lipinski definition) is 1. The van der Waals surface area contributed by atoms with Crippen LogP contribution in [-0.4, -0.2) is 35.6 Å². The summed E-state index contributed by atoms with van der Waals surface area (Å²) in [5, 5.41) is 9.09. The summed E-state index contributed by atoms with van der Waals surface area (Å²) >= 11 is 5.60. The molecule has 3 nitrogen and oxygen atoms in total. The van der Waals surface area contributed by atoms with Gasteiger partial charge in [-0.2, -0.15) is 0 Å². The first-order valence-corrected chi connectivity index (χ1v) is 5.35. The van der Waals surface area contributed by atoms with Crippen molar-refractivity contribution in [3.8, 4) is 0 Å². The van der Waals surface area contributed by atoms with E-state index in [1.807, 2.05) is 0 Å². The first-order chi connectivity index (χ1) is 7.61. The summed E-state index contributed by atoms with van der Waals surface area (Å²) in [4.78, 5) is 13.3. The van der Waals surface area contributed by atoms with Crippen molar-refractivity contribution < 1.29 is 14.3 Å². The van der Waals surface area contributed by atoms with Gasteiger partial charge in [0.25, 0.3) is 5.91 Å². The van der Waals surface area contributed by atoms with Crippen LogP contribution in [0, 0.1) is 11.7 Å². The zero-order valence-electron chi connectivity index (χ0n) is 8.49. The number of amides is 1. The molecular formula is C11H11ClFNO2. The maximum absolute atomic E-state index is 13.4. The predicted octanol–water partition coefficient (Wildman–Crippen LogP) is 1.54. The highest BCUT2D eigenvalue weighted by Crippen LogP contribution is 2.21. The first kappa shape index (κ1) is 11.4. The molecular weight excluding hydrogens is 233 g/mol. The maximum Gasteiger partial charge on any atom is 0.256 e. The van der Waals surface area contributed by atoms with Gasteiger partial charge in [-0.1, -0.05) is 11.6 Å². The van der Waals surface area contributed by atoms with Crippen molar-refractivity contribution in [1.29, 1.82) is 0 Å². The van der Waals surface area contributed by atoms with Crippen molar-refractivity contribution in [1.82, 2.24) is 4.90 Å². The Morgan fingerprint density at radius 2 is 2.25 bits per heavy atom. The second-order valence-electron chi connectivity index (χ2n) is 3.88. The number of nitrogens with zero attached hydrogens (tertiary/aromatic N) is 1. The maximum atomic E-state index is 13.4. The molecule has 0 aliphatic carbocycles. The van der Waals surface area contributed by atoms with Gasteiger partial charge >= 0.3 is 0 Å². The highest BCUT2D eigenvalue weighted by atomic mass is 35.5. The molecule has 0 unspecified atom stereocenters. The lowest BCUT2D eigenvalue weighted by atomic mass is 10.00. The number of carbonyl (C=O) groups excluding carboxylic acids is 1. The van der Waals surface area contributed by atoms with Gasteiger partial charge in [0.15, 0.2) is 0 Å². The molecule has 1 aliphatic heterocycles. The second kappa shape index (κ2) is 4.39. The van der Waals surface area contributed by atoms with Gasteiger partial charge < -0.3 is 10.0 Å². The summed E-state index contributed by atoms with van der Waals surface area (Å²) in [7, 11) is 0. The topological polar surface area (TPSA) is 40.5 Å². The van der Waals surface area contributed by atoms with E-state index in [9.17, 15) is 9.18 Å². The Bertz CT molecular complexity index is 418. The van der Waals surface area contributed by atoms with Crippen LogP contribution in [0.5, 0.6) is 0 Å². The van der Waals surface area contributed by atoms with Crippen molar-refractivity contribution in [2.24, 2.45) is 5.92 Å². The monoisotopic (exact) mass is 243 g/mol. The van der Waals surface area contributed by atoms with Crippen molar-refractivity contribution in [2.45, 2.75) is 0 Å². The largest absolute Gasteiger partial charge is 0.396 e. The number of aliphatic hydroxyl groups is 1. The molecule has 1 heterocycles. The quantitative estimate of drug-likeness (QED) is 0.856. The molecule has 2 rings (SSSR count). The lowest BCUT2D eigenvalue weighted by Crippen LogP contribution is -2.51. The van der Waals surface area contributed by atoms with Crippen LogP contribution >= 0.6 is 11.6 Å². The fourth-order valence-corrected chi connectivity index (χ4v) is 1.84. The molecule has 5 heteroatoms. The summed E-state index contributed by atoms with van der Waals surface area (Å²) in [5.74, 6) is -0.830. The molecule has 1 amide bonds. The average Bonchev–Trinajstić information content (AvgIpc) is 2.15. The Balaban J connectivity index is 2.10. The van der Waals surface area contributed by atoms with E-state index in [-0.39, 0.29) is 29.0 Å². The standard InChI is InChI=1S/C11H11ClFNO2/c12-8-1-2-9(10(13)3-8)11(16)14-4-7(5-14)6-15/h1-3,7,15H,4-6H2. The molecule has 1 saturated heterocycles.